The molecule has 0 amide bonds. The lowest BCUT2D eigenvalue weighted by Gasteiger charge is -2.14. The van der Waals surface area contributed by atoms with Gasteiger partial charge >= 0.3 is 0 Å². The molecule has 19 heavy (non-hydrogen) atoms. The summed E-state index contributed by atoms with van der Waals surface area (Å²) >= 11 is 0. The van der Waals surface area contributed by atoms with E-state index in [4.69, 9.17) is 0 Å². The van der Waals surface area contributed by atoms with Crippen LogP contribution in [0.3, 0.4) is 0 Å². The summed E-state index contributed by atoms with van der Waals surface area (Å²) in [6.07, 6.45) is 1.45. The van der Waals surface area contributed by atoms with E-state index in [1.807, 2.05) is 19.9 Å². The van der Waals surface area contributed by atoms with Gasteiger partial charge in [0.05, 0.1) is 0 Å². The first-order valence-corrected chi connectivity index (χ1v) is 6.43. The van der Waals surface area contributed by atoms with Crippen molar-refractivity contribution in [2.24, 2.45) is 0 Å². The zero-order valence-corrected chi connectivity index (χ0v) is 11.1. The minimum Gasteiger partial charge on any atom is -0.508 e. The molecule has 0 saturated heterocycles. The second-order valence-electron chi connectivity index (χ2n) is 4.55. The summed E-state index contributed by atoms with van der Waals surface area (Å²) in [5.41, 5.74) is 3.08. The summed E-state index contributed by atoms with van der Waals surface area (Å²) in [6.45, 7) is 3.95. The van der Waals surface area contributed by atoms with Crippen LogP contribution in [0.25, 0.3) is 11.1 Å². The molecule has 3 heteroatoms. The number of hydrogen-bond donors (Lipinski definition) is 3. The number of hydrogen-bond acceptors (Lipinski definition) is 3. The number of phenols is 3. The van der Waals surface area contributed by atoms with Crippen LogP contribution in [0.4, 0.5) is 0 Å². The molecule has 0 atom stereocenters. The van der Waals surface area contributed by atoms with Gasteiger partial charge in [-0.25, -0.2) is 0 Å². The fourth-order valence-corrected chi connectivity index (χ4v) is 2.27. The van der Waals surface area contributed by atoms with E-state index in [1.165, 1.54) is 18.2 Å². The van der Waals surface area contributed by atoms with E-state index in [0.717, 1.165) is 23.1 Å². The predicted octanol–water partition coefficient (Wildman–Crippen LogP) is 3.60. The molecule has 2 rings (SSSR count). The van der Waals surface area contributed by atoms with Crippen LogP contribution in [0.15, 0.2) is 30.3 Å². The molecule has 0 bridgehead atoms. The monoisotopic (exact) mass is 258 g/mol. The summed E-state index contributed by atoms with van der Waals surface area (Å²) in [7, 11) is 0. The van der Waals surface area contributed by atoms with Crippen LogP contribution >= 0.6 is 0 Å². The van der Waals surface area contributed by atoms with Gasteiger partial charge in [0, 0.05) is 11.1 Å². The highest BCUT2D eigenvalue weighted by atomic mass is 16.3. The predicted molar refractivity (Wildman–Crippen MR) is 75.6 cm³/mol. The molecule has 0 fully saturated rings. The molecule has 0 unspecified atom stereocenters. The van der Waals surface area contributed by atoms with Crippen LogP contribution in [-0.2, 0) is 12.8 Å². The summed E-state index contributed by atoms with van der Waals surface area (Å²) < 4.78 is 0. The maximum absolute atomic E-state index is 10.1. The minimum absolute atomic E-state index is 0.0937. The lowest BCUT2D eigenvalue weighted by atomic mass is 9.93. The molecule has 0 aliphatic rings. The largest absolute Gasteiger partial charge is 0.508 e. The standard InChI is InChI=1S/C16H18O3/c1-3-10-7-13(12(4-2)16(19)8-10)14-9-11(17)5-6-15(14)18/h5-9,17-19H,3-4H2,1-2H3. The third-order valence-electron chi connectivity index (χ3n) is 3.32. The van der Waals surface area contributed by atoms with E-state index in [-0.39, 0.29) is 17.2 Å². The van der Waals surface area contributed by atoms with Crippen molar-refractivity contribution in [3.8, 4) is 28.4 Å². The Morgan fingerprint density at radius 1 is 0.789 bits per heavy atom. The second-order valence-corrected chi connectivity index (χ2v) is 4.55. The first kappa shape index (κ1) is 13.3. The SMILES string of the molecule is CCc1cc(O)c(CC)c(-c2cc(O)ccc2O)c1. The molecule has 100 valence electrons. The second kappa shape index (κ2) is 5.22. The molecule has 0 aliphatic carbocycles. The summed E-state index contributed by atoms with van der Waals surface area (Å²) in [5, 5.41) is 29.6. The van der Waals surface area contributed by atoms with Gasteiger partial charge in [0.1, 0.15) is 17.2 Å². The van der Waals surface area contributed by atoms with Gasteiger partial charge in [0.2, 0.25) is 0 Å². The minimum atomic E-state index is 0.0937. The lowest BCUT2D eigenvalue weighted by molar-refractivity contribution is 0.460. The van der Waals surface area contributed by atoms with Crippen molar-refractivity contribution < 1.29 is 15.3 Å². The Hall–Kier alpha value is -2.16. The molecular formula is C16H18O3. The highest BCUT2D eigenvalue weighted by Gasteiger charge is 2.14. The van der Waals surface area contributed by atoms with Crippen LogP contribution in [0.1, 0.15) is 25.0 Å². The Bertz CT molecular complexity index is 603. The zero-order chi connectivity index (χ0) is 14.0. The normalized spacial score (nSPS) is 10.6. The molecule has 3 N–H and O–H groups in total. The topological polar surface area (TPSA) is 60.7 Å². The van der Waals surface area contributed by atoms with E-state index in [2.05, 4.69) is 0 Å². The Kier molecular flexibility index (Phi) is 3.65. The summed E-state index contributed by atoms with van der Waals surface area (Å²) in [6, 6.07) is 8.12. The third kappa shape index (κ3) is 2.50. The van der Waals surface area contributed by atoms with Gasteiger partial charge in [0.15, 0.2) is 0 Å². The van der Waals surface area contributed by atoms with E-state index < -0.39 is 0 Å². The maximum Gasteiger partial charge on any atom is 0.123 e. The Morgan fingerprint density at radius 3 is 2.16 bits per heavy atom. The van der Waals surface area contributed by atoms with Crippen LogP contribution < -0.4 is 0 Å². The Morgan fingerprint density at radius 2 is 1.53 bits per heavy atom. The van der Waals surface area contributed by atoms with Crippen molar-refractivity contribution in [1.29, 1.82) is 0 Å². The van der Waals surface area contributed by atoms with Crippen LogP contribution in [0.2, 0.25) is 0 Å². The van der Waals surface area contributed by atoms with Crippen LogP contribution in [-0.4, -0.2) is 15.3 Å². The van der Waals surface area contributed by atoms with Gasteiger partial charge in [-0.3, -0.25) is 0 Å². The zero-order valence-electron chi connectivity index (χ0n) is 11.1. The fourth-order valence-electron chi connectivity index (χ4n) is 2.27. The molecule has 0 saturated carbocycles. The van der Waals surface area contributed by atoms with Crippen LogP contribution in [0.5, 0.6) is 17.2 Å². The fraction of sp³-hybridized carbons (Fsp3) is 0.250. The quantitative estimate of drug-likeness (QED) is 0.737. The van der Waals surface area contributed by atoms with Crippen molar-refractivity contribution in [3.05, 3.63) is 41.5 Å². The maximum atomic E-state index is 10.1. The molecule has 0 aromatic heterocycles. The average Bonchev–Trinajstić information content (AvgIpc) is 2.40. The van der Waals surface area contributed by atoms with E-state index in [0.29, 0.717) is 12.0 Å². The van der Waals surface area contributed by atoms with E-state index >= 15 is 0 Å². The average molecular weight is 258 g/mol. The van der Waals surface area contributed by atoms with Gasteiger partial charge in [-0.2, -0.15) is 0 Å². The lowest BCUT2D eigenvalue weighted by Crippen LogP contribution is -1.92. The number of aryl methyl sites for hydroxylation is 1. The molecule has 2 aromatic rings. The highest BCUT2D eigenvalue weighted by Crippen LogP contribution is 2.38. The Labute approximate surface area is 112 Å². The van der Waals surface area contributed by atoms with Crippen molar-refractivity contribution in [2.45, 2.75) is 26.7 Å². The van der Waals surface area contributed by atoms with Crippen LogP contribution in [0, 0.1) is 0 Å². The third-order valence-corrected chi connectivity index (χ3v) is 3.32. The smallest absolute Gasteiger partial charge is 0.123 e. The highest BCUT2D eigenvalue weighted by molar-refractivity contribution is 5.76. The molecule has 0 radical (unpaired) electrons. The summed E-state index contributed by atoms with van der Waals surface area (Å²) in [4.78, 5) is 0. The van der Waals surface area contributed by atoms with Crippen molar-refractivity contribution in [1.82, 2.24) is 0 Å². The number of phenolic OH excluding ortho intramolecular Hbond substituents is 3. The molecule has 3 nitrogen and oxygen atoms in total. The Balaban J connectivity index is 2.72. The van der Waals surface area contributed by atoms with Crippen molar-refractivity contribution in [3.63, 3.8) is 0 Å². The molecular weight excluding hydrogens is 240 g/mol. The molecule has 0 heterocycles. The van der Waals surface area contributed by atoms with E-state index in [1.54, 1.807) is 6.07 Å². The molecule has 0 spiro atoms. The van der Waals surface area contributed by atoms with Gasteiger partial charge in [-0.1, -0.05) is 19.9 Å². The van der Waals surface area contributed by atoms with Gasteiger partial charge in [-0.05, 0) is 48.2 Å². The van der Waals surface area contributed by atoms with Gasteiger partial charge < -0.3 is 15.3 Å². The number of aromatic hydroxyl groups is 3. The van der Waals surface area contributed by atoms with Gasteiger partial charge in [-0.15, -0.1) is 0 Å². The first-order chi connectivity index (χ1) is 9.06. The van der Waals surface area contributed by atoms with E-state index in [9.17, 15) is 15.3 Å². The van der Waals surface area contributed by atoms with Crippen molar-refractivity contribution >= 4 is 0 Å². The first-order valence-electron chi connectivity index (χ1n) is 6.43. The molecule has 0 aliphatic heterocycles. The number of rotatable bonds is 3. The van der Waals surface area contributed by atoms with Crippen molar-refractivity contribution in [2.75, 3.05) is 0 Å². The molecule has 2 aromatic carbocycles. The summed E-state index contributed by atoms with van der Waals surface area (Å²) in [5.74, 6) is 0.427. The number of benzene rings is 2. The van der Waals surface area contributed by atoms with Gasteiger partial charge in [0.25, 0.3) is 0 Å².